The number of hydrogen-bond donors (Lipinski definition) is 1. The van der Waals surface area contributed by atoms with Crippen molar-refractivity contribution in [3.63, 3.8) is 0 Å². The van der Waals surface area contributed by atoms with Gasteiger partial charge in [0, 0.05) is 5.57 Å². The first-order valence-corrected chi connectivity index (χ1v) is 8.08. The number of cyclic esters (lactones) is 2. The molecule has 2 atom stereocenters. The Kier molecular flexibility index (Phi) is 8.39. The number of carboxylic acids is 1. The summed E-state index contributed by atoms with van der Waals surface area (Å²) < 4.78 is 10.3. The van der Waals surface area contributed by atoms with E-state index in [1.54, 1.807) is 0 Å². The highest BCUT2D eigenvalue weighted by Crippen LogP contribution is 2.19. The number of ether oxygens (including phenoxy) is 2. The summed E-state index contributed by atoms with van der Waals surface area (Å²) in [7, 11) is 0. The number of carboxylic acid groups (broad SMARTS) is 1. The van der Waals surface area contributed by atoms with Gasteiger partial charge in [-0.3, -0.25) is 9.59 Å². The quantitative estimate of drug-likeness (QED) is 0.667. The number of aliphatic carboxylic acids is 1. The van der Waals surface area contributed by atoms with Crippen LogP contribution in [0.15, 0.2) is 42.5 Å². The van der Waals surface area contributed by atoms with Crippen LogP contribution in [0.4, 0.5) is 0 Å². The average Bonchev–Trinajstić information content (AvgIpc) is 2.60. The molecule has 1 aromatic rings. The zero-order chi connectivity index (χ0) is 18.8. The third kappa shape index (κ3) is 8.15. The maximum absolute atomic E-state index is 12.0. The maximum atomic E-state index is 12.0. The number of rotatable bonds is 3. The molecule has 0 amide bonds. The van der Waals surface area contributed by atoms with E-state index in [0.717, 1.165) is 5.56 Å². The standard InChI is InChI=1S/C15H18O4.C4H6O2/c1-11-9-13(10-12-5-3-2-4-6-12)15(17)18-8-7-14(16)19-11;1-3(2)4(5)6/h2-6,11,13H,7-10H2,1H3;1H2,2H3,(H,5,6). The van der Waals surface area contributed by atoms with Gasteiger partial charge in [-0.2, -0.15) is 0 Å². The zero-order valence-corrected chi connectivity index (χ0v) is 14.6. The van der Waals surface area contributed by atoms with E-state index in [0.29, 0.717) is 12.8 Å². The largest absolute Gasteiger partial charge is 0.478 e. The number of carbonyl (C=O) groups is 3. The summed E-state index contributed by atoms with van der Waals surface area (Å²) >= 11 is 0. The second-order valence-corrected chi connectivity index (χ2v) is 5.93. The van der Waals surface area contributed by atoms with Crippen molar-refractivity contribution in [2.24, 2.45) is 5.92 Å². The van der Waals surface area contributed by atoms with Gasteiger partial charge in [-0.15, -0.1) is 0 Å². The fourth-order valence-corrected chi connectivity index (χ4v) is 2.25. The molecule has 1 saturated heterocycles. The zero-order valence-electron chi connectivity index (χ0n) is 14.6. The van der Waals surface area contributed by atoms with Crippen LogP contribution in [0.25, 0.3) is 0 Å². The normalized spacial score (nSPS) is 20.6. The van der Waals surface area contributed by atoms with E-state index in [2.05, 4.69) is 6.58 Å². The molecule has 1 aromatic carbocycles. The monoisotopic (exact) mass is 348 g/mol. The Bertz CT molecular complexity index is 596. The predicted octanol–water partition coefficient (Wildman–Crippen LogP) is 2.76. The van der Waals surface area contributed by atoms with Gasteiger partial charge in [-0.05, 0) is 32.3 Å². The van der Waals surface area contributed by atoms with E-state index in [9.17, 15) is 14.4 Å². The molecule has 0 aliphatic carbocycles. The molecule has 1 fully saturated rings. The fraction of sp³-hybridized carbons (Fsp3) is 0.421. The van der Waals surface area contributed by atoms with Gasteiger partial charge in [0.05, 0.1) is 18.4 Å². The van der Waals surface area contributed by atoms with Crippen LogP contribution in [0, 0.1) is 5.92 Å². The number of hydrogen-bond acceptors (Lipinski definition) is 5. The van der Waals surface area contributed by atoms with Gasteiger partial charge in [-0.25, -0.2) is 4.79 Å². The SMILES string of the molecule is C=C(C)C(=O)O.CC1CC(Cc2ccccc2)C(=O)OCCC(=O)O1. The summed E-state index contributed by atoms with van der Waals surface area (Å²) in [5.41, 5.74) is 1.26. The van der Waals surface area contributed by atoms with Crippen molar-refractivity contribution in [2.45, 2.75) is 39.2 Å². The van der Waals surface area contributed by atoms with Gasteiger partial charge in [0.15, 0.2) is 0 Å². The molecule has 1 aliphatic heterocycles. The summed E-state index contributed by atoms with van der Waals surface area (Å²) in [5, 5.41) is 7.89. The predicted molar refractivity (Wildman–Crippen MR) is 91.8 cm³/mol. The van der Waals surface area contributed by atoms with Crippen LogP contribution in [-0.2, 0) is 30.3 Å². The number of benzene rings is 1. The lowest BCUT2D eigenvalue weighted by Gasteiger charge is -2.18. The molecule has 1 N–H and O–H groups in total. The van der Waals surface area contributed by atoms with E-state index in [-0.39, 0.29) is 42.6 Å². The highest BCUT2D eigenvalue weighted by molar-refractivity contribution is 5.84. The molecule has 6 nitrogen and oxygen atoms in total. The maximum Gasteiger partial charge on any atom is 0.330 e. The lowest BCUT2D eigenvalue weighted by molar-refractivity contribution is -0.149. The van der Waals surface area contributed by atoms with Crippen molar-refractivity contribution in [3.05, 3.63) is 48.0 Å². The third-order valence-corrected chi connectivity index (χ3v) is 3.52. The molecule has 2 unspecified atom stereocenters. The molecule has 0 spiro atoms. The Morgan fingerprint density at radius 1 is 1.28 bits per heavy atom. The molecule has 0 aromatic heterocycles. The van der Waals surface area contributed by atoms with Gasteiger partial charge in [-0.1, -0.05) is 36.9 Å². The molecule has 0 radical (unpaired) electrons. The first-order chi connectivity index (χ1) is 11.8. The van der Waals surface area contributed by atoms with Crippen molar-refractivity contribution in [1.82, 2.24) is 0 Å². The molecular formula is C19H24O6. The van der Waals surface area contributed by atoms with E-state index in [1.807, 2.05) is 37.3 Å². The van der Waals surface area contributed by atoms with Crippen molar-refractivity contribution < 1.29 is 29.0 Å². The Morgan fingerprint density at radius 3 is 2.44 bits per heavy atom. The second kappa shape index (κ2) is 10.3. The third-order valence-electron chi connectivity index (χ3n) is 3.52. The van der Waals surface area contributed by atoms with Crippen molar-refractivity contribution >= 4 is 17.9 Å². The molecule has 25 heavy (non-hydrogen) atoms. The lowest BCUT2D eigenvalue weighted by atomic mass is 9.94. The van der Waals surface area contributed by atoms with Crippen LogP contribution < -0.4 is 0 Å². The second-order valence-electron chi connectivity index (χ2n) is 5.93. The minimum atomic E-state index is -0.935. The van der Waals surface area contributed by atoms with Gasteiger partial charge >= 0.3 is 17.9 Å². The molecule has 0 saturated carbocycles. The molecule has 136 valence electrons. The summed E-state index contributed by atoms with van der Waals surface area (Å²) in [6, 6.07) is 9.79. The average molecular weight is 348 g/mol. The molecule has 1 aliphatic rings. The molecule has 1 heterocycles. The van der Waals surface area contributed by atoms with Crippen LogP contribution in [0.2, 0.25) is 0 Å². The summed E-state index contributed by atoms with van der Waals surface area (Å²) in [5.74, 6) is -1.74. The van der Waals surface area contributed by atoms with E-state index < -0.39 is 5.97 Å². The molecule has 6 heteroatoms. The summed E-state index contributed by atoms with van der Waals surface area (Å²) in [4.78, 5) is 32.9. The van der Waals surface area contributed by atoms with E-state index in [1.165, 1.54) is 6.92 Å². The fourth-order valence-electron chi connectivity index (χ4n) is 2.25. The molecular weight excluding hydrogens is 324 g/mol. The minimum Gasteiger partial charge on any atom is -0.478 e. The Labute approximate surface area is 147 Å². The Balaban J connectivity index is 0.000000450. The first-order valence-electron chi connectivity index (χ1n) is 8.08. The topological polar surface area (TPSA) is 89.9 Å². The first kappa shape index (κ1) is 20.4. The summed E-state index contributed by atoms with van der Waals surface area (Å²) in [6.45, 7) is 6.52. The van der Waals surface area contributed by atoms with Gasteiger partial charge < -0.3 is 14.6 Å². The van der Waals surface area contributed by atoms with Crippen LogP contribution in [-0.4, -0.2) is 35.7 Å². The van der Waals surface area contributed by atoms with Gasteiger partial charge in [0.1, 0.15) is 6.61 Å². The van der Waals surface area contributed by atoms with Crippen molar-refractivity contribution in [2.75, 3.05) is 6.61 Å². The van der Waals surface area contributed by atoms with Gasteiger partial charge in [0.25, 0.3) is 0 Å². The highest BCUT2D eigenvalue weighted by Gasteiger charge is 2.26. The van der Waals surface area contributed by atoms with Crippen LogP contribution in [0.1, 0.15) is 32.3 Å². The van der Waals surface area contributed by atoms with Crippen LogP contribution in [0.3, 0.4) is 0 Å². The minimum absolute atomic E-state index is 0.107. The van der Waals surface area contributed by atoms with E-state index >= 15 is 0 Å². The van der Waals surface area contributed by atoms with Crippen molar-refractivity contribution in [1.29, 1.82) is 0 Å². The Morgan fingerprint density at radius 2 is 1.88 bits per heavy atom. The molecule has 2 rings (SSSR count). The smallest absolute Gasteiger partial charge is 0.330 e. The van der Waals surface area contributed by atoms with Gasteiger partial charge in [0.2, 0.25) is 0 Å². The number of carbonyl (C=O) groups excluding carboxylic acids is 2. The molecule has 0 bridgehead atoms. The summed E-state index contributed by atoms with van der Waals surface area (Å²) in [6.07, 6.45) is 0.988. The highest BCUT2D eigenvalue weighted by atomic mass is 16.6. The lowest BCUT2D eigenvalue weighted by Crippen LogP contribution is -2.24. The van der Waals surface area contributed by atoms with Crippen LogP contribution >= 0.6 is 0 Å². The van der Waals surface area contributed by atoms with E-state index in [4.69, 9.17) is 14.6 Å². The van der Waals surface area contributed by atoms with Crippen molar-refractivity contribution in [3.8, 4) is 0 Å². The van der Waals surface area contributed by atoms with Crippen LogP contribution in [0.5, 0.6) is 0 Å². The number of esters is 2. The Hall–Kier alpha value is -2.63.